The predicted molar refractivity (Wildman–Crippen MR) is 105 cm³/mol. The molecule has 0 spiro atoms. The Morgan fingerprint density at radius 1 is 1.18 bits per heavy atom. The molecule has 8 heteroatoms. The first-order valence-electron chi connectivity index (χ1n) is 9.14. The number of benzene rings is 1. The second-order valence-corrected chi connectivity index (χ2v) is 6.93. The van der Waals surface area contributed by atoms with Gasteiger partial charge in [0.15, 0.2) is 0 Å². The molecule has 28 heavy (non-hydrogen) atoms. The summed E-state index contributed by atoms with van der Waals surface area (Å²) in [6.45, 7) is 5.57. The van der Waals surface area contributed by atoms with Crippen LogP contribution >= 0.6 is 0 Å². The molecule has 0 saturated heterocycles. The SMILES string of the molecule is CC(CCc1ccc(OC(C)C)cc1)NC(=O)Cn1cc([N+](=O)[O-])ccc1=O. The minimum atomic E-state index is -0.603. The molecule has 1 amide bonds. The van der Waals surface area contributed by atoms with Crippen molar-refractivity contribution in [2.45, 2.75) is 52.3 Å². The third-order valence-corrected chi connectivity index (χ3v) is 4.06. The summed E-state index contributed by atoms with van der Waals surface area (Å²) >= 11 is 0. The molecule has 0 aliphatic heterocycles. The van der Waals surface area contributed by atoms with Crippen molar-refractivity contribution in [3.63, 3.8) is 0 Å². The zero-order valence-electron chi connectivity index (χ0n) is 16.3. The summed E-state index contributed by atoms with van der Waals surface area (Å²) < 4.78 is 6.65. The van der Waals surface area contributed by atoms with E-state index in [0.717, 1.165) is 47.1 Å². The van der Waals surface area contributed by atoms with Crippen LogP contribution < -0.4 is 15.6 Å². The highest BCUT2D eigenvalue weighted by Crippen LogP contribution is 2.15. The summed E-state index contributed by atoms with van der Waals surface area (Å²) in [7, 11) is 0. The molecule has 8 nitrogen and oxygen atoms in total. The first kappa shape index (κ1) is 21.1. The van der Waals surface area contributed by atoms with Crippen LogP contribution in [0.4, 0.5) is 5.69 Å². The molecule has 0 fully saturated rings. The Kier molecular flexibility index (Phi) is 7.31. The van der Waals surface area contributed by atoms with E-state index in [1.165, 1.54) is 0 Å². The lowest BCUT2D eigenvalue weighted by molar-refractivity contribution is -0.385. The molecule has 1 aromatic carbocycles. The van der Waals surface area contributed by atoms with Crippen molar-refractivity contribution >= 4 is 11.6 Å². The zero-order chi connectivity index (χ0) is 20.7. The predicted octanol–water partition coefficient (Wildman–Crippen LogP) is 2.68. The van der Waals surface area contributed by atoms with Crippen LogP contribution in [-0.4, -0.2) is 27.5 Å². The van der Waals surface area contributed by atoms with Crippen LogP contribution in [0.15, 0.2) is 47.4 Å². The molecule has 0 saturated carbocycles. The Morgan fingerprint density at radius 2 is 1.86 bits per heavy atom. The number of nitro groups is 1. The maximum absolute atomic E-state index is 12.2. The van der Waals surface area contributed by atoms with Crippen LogP contribution in [0.25, 0.3) is 0 Å². The number of rotatable bonds is 9. The highest BCUT2D eigenvalue weighted by Gasteiger charge is 2.12. The van der Waals surface area contributed by atoms with Gasteiger partial charge in [-0.3, -0.25) is 24.3 Å². The summed E-state index contributed by atoms with van der Waals surface area (Å²) in [6, 6.07) is 9.94. The topological polar surface area (TPSA) is 103 Å². The largest absolute Gasteiger partial charge is 0.491 e. The molecule has 0 radical (unpaired) electrons. The molecular weight excluding hydrogens is 362 g/mol. The number of aryl methyl sites for hydroxylation is 1. The number of nitrogens with zero attached hydrogens (tertiary/aromatic N) is 2. The Bertz CT molecular complexity index is 874. The number of carbonyl (C=O) groups is 1. The van der Waals surface area contributed by atoms with Gasteiger partial charge in [0, 0.05) is 18.2 Å². The number of nitrogens with one attached hydrogen (secondary N) is 1. The van der Waals surface area contributed by atoms with Crippen LogP contribution in [0.2, 0.25) is 0 Å². The summed E-state index contributed by atoms with van der Waals surface area (Å²) in [4.78, 5) is 34.1. The minimum Gasteiger partial charge on any atom is -0.491 e. The third-order valence-electron chi connectivity index (χ3n) is 4.06. The van der Waals surface area contributed by atoms with Crippen LogP contribution in [0.5, 0.6) is 5.75 Å². The van der Waals surface area contributed by atoms with Crippen molar-refractivity contribution in [2.75, 3.05) is 0 Å². The number of aromatic nitrogens is 1. The summed E-state index contributed by atoms with van der Waals surface area (Å²) in [5, 5.41) is 13.6. The van der Waals surface area contributed by atoms with E-state index >= 15 is 0 Å². The fourth-order valence-electron chi connectivity index (χ4n) is 2.69. The maximum atomic E-state index is 12.2. The number of ether oxygens (including phenoxy) is 1. The fourth-order valence-corrected chi connectivity index (χ4v) is 2.69. The molecule has 2 rings (SSSR count). The van der Waals surface area contributed by atoms with Crippen LogP contribution in [0.3, 0.4) is 0 Å². The summed E-state index contributed by atoms with van der Waals surface area (Å²) in [6.07, 6.45) is 2.70. The van der Waals surface area contributed by atoms with Gasteiger partial charge in [-0.1, -0.05) is 12.1 Å². The Hall–Kier alpha value is -3.16. The van der Waals surface area contributed by atoms with E-state index in [1.807, 2.05) is 45.0 Å². The van der Waals surface area contributed by atoms with E-state index in [4.69, 9.17) is 4.74 Å². The van der Waals surface area contributed by atoms with E-state index in [-0.39, 0.29) is 30.3 Å². The van der Waals surface area contributed by atoms with Crippen molar-refractivity contribution in [1.29, 1.82) is 0 Å². The van der Waals surface area contributed by atoms with Gasteiger partial charge >= 0.3 is 0 Å². The van der Waals surface area contributed by atoms with E-state index < -0.39 is 10.5 Å². The minimum absolute atomic E-state index is 0.103. The lowest BCUT2D eigenvalue weighted by Crippen LogP contribution is -2.37. The third kappa shape index (κ3) is 6.53. The quantitative estimate of drug-likeness (QED) is 0.526. The number of pyridine rings is 1. The van der Waals surface area contributed by atoms with E-state index in [2.05, 4.69) is 5.32 Å². The van der Waals surface area contributed by atoms with E-state index in [0.29, 0.717) is 0 Å². The van der Waals surface area contributed by atoms with Gasteiger partial charge < -0.3 is 10.1 Å². The highest BCUT2D eigenvalue weighted by molar-refractivity contribution is 5.76. The first-order chi connectivity index (χ1) is 13.2. The average Bonchev–Trinajstić information content (AvgIpc) is 2.62. The number of amides is 1. The number of hydrogen-bond acceptors (Lipinski definition) is 5. The van der Waals surface area contributed by atoms with E-state index in [1.54, 1.807) is 0 Å². The summed E-state index contributed by atoms with van der Waals surface area (Å²) in [5.74, 6) is 0.457. The molecule has 0 bridgehead atoms. The van der Waals surface area contributed by atoms with Gasteiger partial charge in [-0.2, -0.15) is 0 Å². The van der Waals surface area contributed by atoms with Crippen LogP contribution in [0, 0.1) is 10.1 Å². The standard InChI is InChI=1S/C20H25N3O5/c1-14(2)28-18-9-6-16(7-10-18)5-4-15(3)21-19(24)13-22-12-17(23(26)27)8-11-20(22)25/h6-12,14-15H,4-5,13H2,1-3H3,(H,21,24). The van der Waals surface area contributed by atoms with Crippen LogP contribution in [-0.2, 0) is 17.8 Å². The van der Waals surface area contributed by atoms with Crippen molar-refractivity contribution < 1.29 is 14.5 Å². The molecule has 1 unspecified atom stereocenters. The molecule has 1 heterocycles. The van der Waals surface area contributed by atoms with Crippen molar-refractivity contribution in [1.82, 2.24) is 9.88 Å². The molecule has 1 aromatic heterocycles. The number of hydrogen-bond donors (Lipinski definition) is 1. The van der Waals surface area contributed by atoms with Crippen molar-refractivity contribution in [3.8, 4) is 5.75 Å². The summed E-state index contributed by atoms with van der Waals surface area (Å²) in [5.41, 5.74) is 0.439. The molecule has 2 aromatic rings. The Balaban J connectivity index is 1.85. The van der Waals surface area contributed by atoms with Gasteiger partial charge in [-0.25, -0.2) is 0 Å². The van der Waals surface area contributed by atoms with Gasteiger partial charge in [0.1, 0.15) is 12.3 Å². The molecule has 150 valence electrons. The smallest absolute Gasteiger partial charge is 0.285 e. The molecule has 1 atom stereocenters. The molecule has 0 aliphatic rings. The fraction of sp³-hybridized carbons (Fsp3) is 0.400. The number of carbonyl (C=O) groups excluding carboxylic acids is 1. The lowest BCUT2D eigenvalue weighted by Gasteiger charge is -2.15. The Labute approximate surface area is 163 Å². The average molecular weight is 387 g/mol. The zero-order valence-corrected chi connectivity index (χ0v) is 16.3. The maximum Gasteiger partial charge on any atom is 0.285 e. The molecular formula is C20H25N3O5. The van der Waals surface area contributed by atoms with Gasteiger partial charge in [-0.15, -0.1) is 0 Å². The molecule has 1 N–H and O–H groups in total. The van der Waals surface area contributed by atoms with Gasteiger partial charge in [0.05, 0.1) is 17.2 Å². The first-order valence-corrected chi connectivity index (χ1v) is 9.14. The highest BCUT2D eigenvalue weighted by atomic mass is 16.6. The normalized spacial score (nSPS) is 11.9. The van der Waals surface area contributed by atoms with Crippen LogP contribution in [0.1, 0.15) is 32.8 Å². The van der Waals surface area contributed by atoms with Gasteiger partial charge in [0.2, 0.25) is 5.91 Å². The Morgan fingerprint density at radius 3 is 2.46 bits per heavy atom. The van der Waals surface area contributed by atoms with Crippen molar-refractivity contribution in [3.05, 3.63) is 68.6 Å². The van der Waals surface area contributed by atoms with E-state index in [9.17, 15) is 19.7 Å². The van der Waals surface area contributed by atoms with Crippen molar-refractivity contribution in [2.24, 2.45) is 0 Å². The van der Waals surface area contributed by atoms with Gasteiger partial charge in [0.25, 0.3) is 11.2 Å². The molecule has 0 aliphatic carbocycles. The lowest BCUT2D eigenvalue weighted by atomic mass is 10.1. The second-order valence-electron chi connectivity index (χ2n) is 6.93. The second kappa shape index (κ2) is 9.68. The van der Waals surface area contributed by atoms with Gasteiger partial charge in [-0.05, 0) is 51.3 Å². The monoisotopic (exact) mass is 387 g/mol.